The van der Waals surface area contributed by atoms with E-state index in [4.69, 9.17) is 4.74 Å². The molecule has 4 nitrogen and oxygen atoms in total. The van der Waals surface area contributed by atoms with E-state index in [1.807, 2.05) is 13.8 Å². The van der Waals surface area contributed by atoms with Gasteiger partial charge in [-0.05, 0) is 13.8 Å². The van der Waals surface area contributed by atoms with Crippen LogP contribution in [0.15, 0.2) is 0 Å². The number of urea groups is 1. The predicted octanol–water partition coefficient (Wildman–Crippen LogP) is 0.437. The molecule has 1 N–H and O–H groups in total. The van der Waals surface area contributed by atoms with Gasteiger partial charge in [0.05, 0.1) is 12.6 Å². The summed E-state index contributed by atoms with van der Waals surface area (Å²) in [6.07, 6.45) is 0. The van der Waals surface area contributed by atoms with Gasteiger partial charge in [-0.25, -0.2) is 4.79 Å². The number of nitrogens with one attached hydrogen (secondary N) is 1. The smallest absolute Gasteiger partial charge is 0.317 e. The highest BCUT2D eigenvalue weighted by atomic mass is 16.5. The van der Waals surface area contributed by atoms with E-state index in [0.29, 0.717) is 13.2 Å². The molecule has 4 heteroatoms. The lowest BCUT2D eigenvalue weighted by molar-refractivity contribution is 0.0938. The lowest BCUT2D eigenvalue weighted by Gasteiger charge is -2.22. The van der Waals surface area contributed by atoms with Crippen LogP contribution in [0.1, 0.15) is 13.8 Å². The first-order chi connectivity index (χ1) is 5.75. The minimum Gasteiger partial charge on any atom is -0.380 e. The Bertz CT molecular complexity index is 161. The zero-order chi connectivity index (χ0) is 8.97. The molecular weight excluding hydrogens is 156 g/mol. The number of carbonyl (C=O) groups excluding carboxylic acids is 1. The van der Waals surface area contributed by atoms with Crippen molar-refractivity contribution in [3.63, 3.8) is 0 Å². The van der Waals surface area contributed by atoms with Crippen molar-refractivity contribution in [2.75, 3.05) is 26.3 Å². The van der Waals surface area contributed by atoms with Crippen molar-refractivity contribution in [3.8, 4) is 0 Å². The highest BCUT2D eigenvalue weighted by molar-refractivity contribution is 5.76. The lowest BCUT2D eigenvalue weighted by Crippen LogP contribution is -2.38. The van der Waals surface area contributed by atoms with Crippen molar-refractivity contribution < 1.29 is 9.53 Å². The number of rotatable bonds is 4. The Balaban J connectivity index is 2.30. The van der Waals surface area contributed by atoms with E-state index in [1.165, 1.54) is 0 Å². The summed E-state index contributed by atoms with van der Waals surface area (Å²) in [5.41, 5.74) is 0. The third-order valence-electron chi connectivity index (χ3n) is 1.99. The van der Waals surface area contributed by atoms with Crippen LogP contribution < -0.4 is 5.32 Å². The van der Waals surface area contributed by atoms with Gasteiger partial charge < -0.3 is 15.0 Å². The van der Waals surface area contributed by atoms with Crippen LogP contribution >= 0.6 is 0 Å². The molecule has 0 aliphatic carbocycles. The molecular formula is C8H16N2O2. The average molecular weight is 172 g/mol. The maximum absolute atomic E-state index is 11.1. The van der Waals surface area contributed by atoms with Gasteiger partial charge in [-0.2, -0.15) is 0 Å². The first-order valence-electron chi connectivity index (χ1n) is 4.38. The standard InChI is InChI=1S/C8H16N2O2/c1-3-12-6-7(2)10-5-4-9-8(10)11/h7H,3-6H2,1-2H3,(H,9,11). The highest BCUT2D eigenvalue weighted by Gasteiger charge is 2.24. The molecule has 0 aromatic carbocycles. The Morgan fingerprint density at radius 2 is 2.50 bits per heavy atom. The SMILES string of the molecule is CCOCC(C)N1CCNC1=O. The number of nitrogens with zero attached hydrogens (tertiary/aromatic N) is 1. The minimum absolute atomic E-state index is 0.0298. The molecule has 1 atom stereocenters. The Hall–Kier alpha value is -0.770. The summed E-state index contributed by atoms with van der Waals surface area (Å²) in [5, 5.41) is 2.76. The molecule has 2 amide bonds. The maximum atomic E-state index is 11.1. The highest BCUT2D eigenvalue weighted by Crippen LogP contribution is 2.03. The van der Waals surface area contributed by atoms with E-state index < -0.39 is 0 Å². The molecule has 1 unspecified atom stereocenters. The molecule has 12 heavy (non-hydrogen) atoms. The van der Waals surface area contributed by atoms with Crippen LogP contribution in [-0.4, -0.2) is 43.3 Å². The van der Waals surface area contributed by atoms with Crippen LogP contribution in [0.4, 0.5) is 4.79 Å². The molecule has 0 saturated carbocycles. The van der Waals surface area contributed by atoms with Crippen molar-refractivity contribution in [2.24, 2.45) is 0 Å². The normalized spacial score (nSPS) is 19.5. The number of hydrogen-bond donors (Lipinski definition) is 1. The molecule has 70 valence electrons. The Morgan fingerprint density at radius 3 is 3.00 bits per heavy atom. The fourth-order valence-corrected chi connectivity index (χ4v) is 1.29. The number of carbonyl (C=O) groups is 1. The Labute approximate surface area is 72.9 Å². The monoisotopic (exact) mass is 172 g/mol. The Morgan fingerprint density at radius 1 is 1.75 bits per heavy atom. The molecule has 1 saturated heterocycles. The van der Waals surface area contributed by atoms with Gasteiger partial charge >= 0.3 is 6.03 Å². The third kappa shape index (κ3) is 2.11. The van der Waals surface area contributed by atoms with Crippen molar-refractivity contribution in [3.05, 3.63) is 0 Å². The molecule has 0 radical (unpaired) electrons. The largest absolute Gasteiger partial charge is 0.380 e. The second kappa shape index (κ2) is 4.30. The topological polar surface area (TPSA) is 41.6 Å². The summed E-state index contributed by atoms with van der Waals surface area (Å²) in [5.74, 6) is 0. The van der Waals surface area contributed by atoms with Gasteiger partial charge in [-0.3, -0.25) is 0 Å². The van der Waals surface area contributed by atoms with Gasteiger partial charge in [-0.15, -0.1) is 0 Å². The first kappa shape index (κ1) is 9.32. The van der Waals surface area contributed by atoms with Crippen LogP contribution in [0.25, 0.3) is 0 Å². The third-order valence-corrected chi connectivity index (χ3v) is 1.99. The molecule has 1 aliphatic rings. The van der Waals surface area contributed by atoms with Crippen molar-refractivity contribution in [1.82, 2.24) is 10.2 Å². The van der Waals surface area contributed by atoms with E-state index in [9.17, 15) is 4.79 Å². The molecule has 0 aromatic rings. The van der Waals surface area contributed by atoms with Gasteiger partial charge in [0, 0.05) is 19.7 Å². The summed E-state index contributed by atoms with van der Waals surface area (Å²) < 4.78 is 5.23. The summed E-state index contributed by atoms with van der Waals surface area (Å²) in [6, 6.07) is 0.217. The van der Waals surface area contributed by atoms with E-state index in [0.717, 1.165) is 13.1 Å². The van der Waals surface area contributed by atoms with Crippen LogP contribution in [0.5, 0.6) is 0 Å². The van der Waals surface area contributed by atoms with Gasteiger partial charge in [0.1, 0.15) is 0 Å². The van der Waals surface area contributed by atoms with Crippen molar-refractivity contribution in [2.45, 2.75) is 19.9 Å². The van der Waals surface area contributed by atoms with Gasteiger partial charge in [0.25, 0.3) is 0 Å². The number of amides is 2. The molecule has 0 aromatic heterocycles. The molecule has 0 spiro atoms. The molecule has 1 fully saturated rings. The molecule has 0 bridgehead atoms. The molecule has 1 heterocycles. The maximum Gasteiger partial charge on any atom is 0.317 e. The lowest BCUT2D eigenvalue weighted by atomic mass is 10.3. The van der Waals surface area contributed by atoms with E-state index in [-0.39, 0.29) is 12.1 Å². The van der Waals surface area contributed by atoms with Crippen molar-refractivity contribution in [1.29, 1.82) is 0 Å². The summed E-state index contributed by atoms with van der Waals surface area (Å²) in [4.78, 5) is 12.9. The second-order valence-corrected chi connectivity index (χ2v) is 2.93. The zero-order valence-electron chi connectivity index (χ0n) is 7.67. The van der Waals surface area contributed by atoms with Crippen LogP contribution in [0.3, 0.4) is 0 Å². The summed E-state index contributed by atoms with van der Waals surface area (Å²) in [7, 11) is 0. The first-order valence-corrected chi connectivity index (χ1v) is 4.38. The fourth-order valence-electron chi connectivity index (χ4n) is 1.29. The number of ether oxygens (including phenoxy) is 1. The van der Waals surface area contributed by atoms with Gasteiger partial charge in [0.2, 0.25) is 0 Å². The zero-order valence-corrected chi connectivity index (χ0v) is 7.67. The minimum atomic E-state index is 0.0298. The predicted molar refractivity (Wildman–Crippen MR) is 46.1 cm³/mol. The molecule has 1 aliphatic heterocycles. The second-order valence-electron chi connectivity index (χ2n) is 2.93. The van der Waals surface area contributed by atoms with Gasteiger partial charge in [0.15, 0.2) is 0 Å². The van der Waals surface area contributed by atoms with Crippen LogP contribution in [0.2, 0.25) is 0 Å². The molecule has 1 rings (SSSR count). The number of hydrogen-bond acceptors (Lipinski definition) is 2. The quantitative estimate of drug-likeness (QED) is 0.668. The average Bonchev–Trinajstić information content (AvgIpc) is 2.47. The van der Waals surface area contributed by atoms with E-state index in [1.54, 1.807) is 4.90 Å². The van der Waals surface area contributed by atoms with Crippen LogP contribution in [-0.2, 0) is 4.74 Å². The van der Waals surface area contributed by atoms with Crippen LogP contribution in [0, 0.1) is 0 Å². The van der Waals surface area contributed by atoms with E-state index >= 15 is 0 Å². The summed E-state index contributed by atoms with van der Waals surface area (Å²) in [6.45, 7) is 6.85. The van der Waals surface area contributed by atoms with Gasteiger partial charge in [-0.1, -0.05) is 0 Å². The van der Waals surface area contributed by atoms with Crippen molar-refractivity contribution >= 4 is 6.03 Å². The fraction of sp³-hybridized carbons (Fsp3) is 0.875. The summed E-state index contributed by atoms with van der Waals surface area (Å²) >= 11 is 0. The van der Waals surface area contributed by atoms with E-state index in [2.05, 4.69) is 5.32 Å². The Kier molecular flexibility index (Phi) is 3.34.